The molecule has 0 heterocycles. The Morgan fingerprint density at radius 3 is 2.53 bits per heavy atom. The van der Waals surface area contributed by atoms with Crippen molar-refractivity contribution in [2.24, 2.45) is 5.73 Å². The van der Waals surface area contributed by atoms with Crippen molar-refractivity contribution in [2.75, 3.05) is 6.54 Å². The van der Waals surface area contributed by atoms with Crippen molar-refractivity contribution in [3.05, 3.63) is 34.9 Å². The van der Waals surface area contributed by atoms with Crippen molar-refractivity contribution < 1.29 is 0 Å². The molecule has 0 unspecified atom stereocenters. The van der Waals surface area contributed by atoms with Crippen LogP contribution in [-0.4, -0.2) is 6.54 Å². The molecule has 0 aliphatic heterocycles. The van der Waals surface area contributed by atoms with Gasteiger partial charge >= 0.3 is 0 Å². The second-order valence-electron chi connectivity index (χ2n) is 5.84. The first-order chi connectivity index (χ1) is 8.36. The second kappa shape index (κ2) is 4.45. The molecule has 92 valence electrons. The molecule has 0 bridgehead atoms. The number of benzene rings is 1. The largest absolute Gasteiger partial charge is 0.330 e. The van der Waals surface area contributed by atoms with E-state index in [0.29, 0.717) is 5.41 Å². The summed E-state index contributed by atoms with van der Waals surface area (Å²) in [5, 5.41) is 0. The van der Waals surface area contributed by atoms with Crippen LogP contribution in [0.25, 0.3) is 0 Å². The average molecular weight is 229 g/mol. The van der Waals surface area contributed by atoms with E-state index in [0.717, 1.165) is 6.54 Å². The highest BCUT2D eigenvalue weighted by Gasteiger charge is 2.36. The molecule has 0 aromatic heterocycles. The van der Waals surface area contributed by atoms with Crippen LogP contribution in [0.15, 0.2) is 18.2 Å². The van der Waals surface area contributed by atoms with Crippen molar-refractivity contribution >= 4 is 0 Å². The monoisotopic (exact) mass is 229 g/mol. The summed E-state index contributed by atoms with van der Waals surface area (Å²) in [6.45, 7) is 0.837. The van der Waals surface area contributed by atoms with Crippen LogP contribution in [0.4, 0.5) is 0 Å². The smallest absolute Gasteiger partial charge is 0.00783 e. The summed E-state index contributed by atoms with van der Waals surface area (Å²) in [6, 6.07) is 6.95. The predicted molar refractivity (Wildman–Crippen MR) is 72.3 cm³/mol. The zero-order valence-electron chi connectivity index (χ0n) is 10.7. The van der Waals surface area contributed by atoms with Crippen LogP contribution in [0.1, 0.15) is 55.2 Å². The molecule has 1 fully saturated rings. The predicted octanol–water partition coefficient (Wildman–Crippen LogP) is 3.34. The summed E-state index contributed by atoms with van der Waals surface area (Å²) >= 11 is 0. The quantitative estimate of drug-likeness (QED) is 0.827. The van der Waals surface area contributed by atoms with Crippen molar-refractivity contribution in [2.45, 2.75) is 56.8 Å². The molecule has 2 N–H and O–H groups in total. The van der Waals surface area contributed by atoms with E-state index in [-0.39, 0.29) is 0 Å². The molecule has 2 aliphatic rings. The van der Waals surface area contributed by atoms with E-state index in [2.05, 4.69) is 18.2 Å². The van der Waals surface area contributed by atoms with Gasteiger partial charge in [0.05, 0.1) is 0 Å². The molecule has 17 heavy (non-hydrogen) atoms. The number of rotatable bonds is 2. The van der Waals surface area contributed by atoms with Crippen LogP contribution in [0.2, 0.25) is 0 Å². The molecule has 0 atom stereocenters. The van der Waals surface area contributed by atoms with E-state index in [9.17, 15) is 0 Å². The van der Waals surface area contributed by atoms with E-state index >= 15 is 0 Å². The van der Waals surface area contributed by atoms with Crippen molar-refractivity contribution in [3.8, 4) is 0 Å². The fourth-order valence-electron chi connectivity index (χ4n) is 3.91. The lowest BCUT2D eigenvalue weighted by Crippen LogP contribution is -2.33. The lowest BCUT2D eigenvalue weighted by atomic mass is 9.73. The van der Waals surface area contributed by atoms with Crippen LogP contribution in [0.5, 0.6) is 0 Å². The van der Waals surface area contributed by atoms with E-state index in [1.165, 1.54) is 51.4 Å². The molecular weight excluding hydrogens is 206 g/mol. The average Bonchev–Trinajstić information content (AvgIpc) is 2.88. The highest BCUT2D eigenvalue weighted by atomic mass is 14.6. The summed E-state index contributed by atoms with van der Waals surface area (Å²) in [5.41, 5.74) is 11.3. The Labute approximate surface area is 104 Å². The summed E-state index contributed by atoms with van der Waals surface area (Å²) in [4.78, 5) is 0. The highest BCUT2D eigenvalue weighted by Crippen LogP contribution is 2.43. The summed E-state index contributed by atoms with van der Waals surface area (Å²) < 4.78 is 0. The maximum atomic E-state index is 6.13. The first-order valence-corrected chi connectivity index (χ1v) is 7.17. The molecule has 0 spiro atoms. The minimum atomic E-state index is 0.322. The molecular formula is C16H23N. The van der Waals surface area contributed by atoms with E-state index in [1.54, 1.807) is 16.7 Å². The minimum absolute atomic E-state index is 0.322. The van der Waals surface area contributed by atoms with Gasteiger partial charge in [-0.1, -0.05) is 31.0 Å². The molecule has 0 radical (unpaired) electrons. The van der Waals surface area contributed by atoms with E-state index in [1.807, 2.05) is 0 Å². The maximum Gasteiger partial charge on any atom is 0.00783 e. The zero-order valence-corrected chi connectivity index (χ0v) is 10.7. The second-order valence-corrected chi connectivity index (χ2v) is 5.84. The third kappa shape index (κ3) is 1.81. The fourth-order valence-corrected chi connectivity index (χ4v) is 3.91. The molecule has 1 nitrogen and oxygen atoms in total. The summed E-state index contributed by atoms with van der Waals surface area (Å²) in [6.07, 6.45) is 10.6. The molecule has 3 rings (SSSR count). The molecule has 1 aromatic rings. The molecule has 2 aliphatic carbocycles. The van der Waals surface area contributed by atoms with E-state index < -0.39 is 0 Å². The van der Waals surface area contributed by atoms with Gasteiger partial charge in [0.1, 0.15) is 0 Å². The molecule has 1 saturated carbocycles. The van der Waals surface area contributed by atoms with Crippen LogP contribution < -0.4 is 5.73 Å². The van der Waals surface area contributed by atoms with Crippen LogP contribution in [0, 0.1) is 0 Å². The Bertz CT molecular complexity index is 402. The number of aryl methyl sites for hydroxylation is 1. The number of nitrogens with two attached hydrogens (primary N) is 1. The normalized spacial score (nSPS) is 22.4. The first kappa shape index (κ1) is 11.3. The highest BCUT2D eigenvalue weighted by molar-refractivity contribution is 5.42. The first-order valence-electron chi connectivity index (χ1n) is 7.17. The number of fused-ring (bicyclic) bond motifs is 1. The van der Waals surface area contributed by atoms with Gasteiger partial charge in [-0.05, 0) is 55.2 Å². The van der Waals surface area contributed by atoms with Gasteiger partial charge in [0.15, 0.2) is 0 Å². The van der Waals surface area contributed by atoms with Crippen molar-refractivity contribution in [3.63, 3.8) is 0 Å². The summed E-state index contributed by atoms with van der Waals surface area (Å²) in [7, 11) is 0. The lowest BCUT2D eigenvalue weighted by molar-refractivity contribution is 0.445. The number of hydrogen-bond acceptors (Lipinski definition) is 1. The Balaban J connectivity index is 2.07. The van der Waals surface area contributed by atoms with Crippen LogP contribution in [0.3, 0.4) is 0 Å². The minimum Gasteiger partial charge on any atom is -0.330 e. The van der Waals surface area contributed by atoms with Gasteiger partial charge in [-0.15, -0.1) is 0 Å². The Morgan fingerprint density at radius 2 is 1.76 bits per heavy atom. The molecule has 1 aromatic carbocycles. The lowest BCUT2D eigenvalue weighted by Gasteiger charge is -2.32. The zero-order chi connectivity index (χ0) is 11.7. The van der Waals surface area contributed by atoms with Gasteiger partial charge in [0, 0.05) is 12.0 Å². The Kier molecular flexibility index (Phi) is 2.96. The topological polar surface area (TPSA) is 26.0 Å². The van der Waals surface area contributed by atoms with Gasteiger partial charge < -0.3 is 5.73 Å². The molecule has 1 heteroatoms. The standard InChI is InChI=1S/C16H23N/c17-12-16(10-3-4-11-16)15-9-5-7-13-6-1-2-8-14(13)15/h5,7,9H,1-4,6,8,10-12,17H2. The fraction of sp³-hybridized carbons (Fsp3) is 0.625. The third-order valence-corrected chi connectivity index (χ3v) is 4.92. The van der Waals surface area contributed by atoms with Crippen LogP contribution in [-0.2, 0) is 18.3 Å². The van der Waals surface area contributed by atoms with Crippen LogP contribution >= 0.6 is 0 Å². The third-order valence-electron chi connectivity index (χ3n) is 4.92. The van der Waals surface area contributed by atoms with Gasteiger partial charge in [0.2, 0.25) is 0 Å². The van der Waals surface area contributed by atoms with Gasteiger partial charge in [-0.2, -0.15) is 0 Å². The Morgan fingerprint density at radius 1 is 1.00 bits per heavy atom. The molecule has 0 saturated heterocycles. The maximum absolute atomic E-state index is 6.13. The van der Waals surface area contributed by atoms with Gasteiger partial charge in [-0.25, -0.2) is 0 Å². The van der Waals surface area contributed by atoms with Gasteiger partial charge in [-0.3, -0.25) is 0 Å². The van der Waals surface area contributed by atoms with Crippen molar-refractivity contribution in [1.82, 2.24) is 0 Å². The Hall–Kier alpha value is -0.820. The van der Waals surface area contributed by atoms with Gasteiger partial charge in [0.25, 0.3) is 0 Å². The summed E-state index contributed by atoms with van der Waals surface area (Å²) in [5.74, 6) is 0. The SMILES string of the molecule is NCC1(c2cccc3c2CCCC3)CCCC1. The molecule has 0 amide bonds. The van der Waals surface area contributed by atoms with E-state index in [4.69, 9.17) is 5.73 Å². The number of hydrogen-bond donors (Lipinski definition) is 1. The van der Waals surface area contributed by atoms with Crippen molar-refractivity contribution in [1.29, 1.82) is 0 Å².